The molecule has 0 aromatic heterocycles. The van der Waals surface area contributed by atoms with Gasteiger partial charge >= 0.3 is 0 Å². The molecule has 0 aliphatic heterocycles. The van der Waals surface area contributed by atoms with E-state index in [9.17, 15) is 9.59 Å². The van der Waals surface area contributed by atoms with E-state index in [1.807, 2.05) is 0 Å². The van der Waals surface area contributed by atoms with E-state index in [0.29, 0.717) is 24.2 Å². The van der Waals surface area contributed by atoms with Gasteiger partial charge in [-0.05, 0) is 24.6 Å². The molecule has 1 aromatic carbocycles. The Morgan fingerprint density at radius 3 is 2.67 bits per heavy atom. The van der Waals surface area contributed by atoms with Crippen LogP contribution in [0.4, 0.5) is 5.69 Å². The van der Waals surface area contributed by atoms with Crippen molar-refractivity contribution in [3.05, 3.63) is 29.8 Å². The average Bonchev–Trinajstić information content (AvgIpc) is 2.39. The SMILES string of the molecule is CCCCNC(=O)c1cccc(NC(=O)CC)c1. The normalized spacial score (nSPS) is 9.89. The fourth-order valence-electron chi connectivity index (χ4n) is 1.47. The Labute approximate surface area is 108 Å². The molecule has 1 rings (SSSR count). The first-order valence-electron chi connectivity index (χ1n) is 6.35. The van der Waals surface area contributed by atoms with Gasteiger partial charge in [0.05, 0.1) is 0 Å². The van der Waals surface area contributed by atoms with E-state index in [1.165, 1.54) is 0 Å². The van der Waals surface area contributed by atoms with Gasteiger partial charge in [-0.2, -0.15) is 0 Å². The number of nitrogens with one attached hydrogen (secondary N) is 2. The lowest BCUT2D eigenvalue weighted by Gasteiger charge is -2.07. The number of unbranched alkanes of at least 4 members (excludes halogenated alkanes) is 1. The second-order valence-electron chi connectivity index (χ2n) is 4.09. The number of anilines is 1. The zero-order valence-corrected chi connectivity index (χ0v) is 11.0. The number of hydrogen-bond donors (Lipinski definition) is 2. The van der Waals surface area contributed by atoms with E-state index in [-0.39, 0.29) is 11.8 Å². The highest BCUT2D eigenvalue weighted by Crippen LogP contribution is 2.11. The lowest BCUT2D eigenvalue weighted by Crippen LogP contribution is -2.24. The minimum Gasteiger partial charge on any atom is -0.352 e. The Kier molecular flexibility index (Phi) is 5.91. The van der Waals surface area contributed by atoms with Crippen LogP contribution in [0.15, 0.2) is 24.3 Å². The minimum absolute atomic E-state index is 0.0569. The quantitative estimate of drug-likeness (QED) is 0.760. The van der Waals surface area contributed by atoms with Gasteiger partial charge in [0.25, 0.3) is 5.91 Å². The molecule has 18 heavy (non-hydrogen) atoms. The predicted molar refractivity (Wildman–Crippen MR) is 72.6 cm³/mol. The standard InChI is InChI=1S/C14H20N2O2/c1-3-5-9-15-14(18)11-7-6-8-12(10-11)16-13(17)4-2/h6-8,10H,3-5,9H2,1-2H3,(H,15,18)(H,16,17). The molecule has 0 spiro atoms. The second kappa shape index (κ2) is 7.48. The van der Waals surface area contributed by atoms with Crippen LogP contribution in [0.5, 0.6) is 0 Å². The number of carbonyl (C=O) groups excluding carboxylic acids is 2. The molecule has 2 amide bonds. The first kappa shape index (κ1) is 14.2. The summed E-state index contributed by atoms with van der Waals surface area (Å²) < 4.78 is 0. The number of rotatable bonds is 6. The molecule has 2 N–H and O–H groups in total. The summed E-state index contributed by atoms with van der Waals surface area (Å²) in [5, 5.41) is 5.58. The first-order chi connectivity index (χ1) is 8.67. The Hall–Kier alpha value is -1.84. The Morgan fingerprint density at radius 2 is 2.00 bits per heavy atom. The van der Waals surface area contributed by atoms with Gasteiger partial charge in [0.2, 0.25) is 5.91 Å². The van der Waals surface area contributed by atoms with Gasteiger partial charge in [0.1, 0.15) is 0 Å². The third kappa shape index (κ3) is 4.57. The maximum atomic E-state index is 11.8. The van der Waals surface area contributed by atoms with Gasteiger partial charge in [0.15, 0.2) is 0 Å². The highest BCUT2D eigenvalue weighted by molar-refractivity contribution is 5.97. The van der Waals surface area contributed by atoms with E-state index in [1.54, 1.807) is 31.2 Å². The Morgan fingerprint density at radius 1 is 1.22 bits per heavy atom. The summed E-state index contributed by atoms with van der Waals surface area (Å²) in [5.74, 6) is -0.158. The summed E-state index contributed by atoms with van der Waals surface area (Å²) in [6.07, 6.45) is 2.44. The van der Waals surface area contributed by atoms with Crippen molar-refractivity contribution in [1.82, 2.24) is 5.32 Å². The number of carbonyl (C=O) groups is 2. The van der Waals surface area contributed by atoms with Crippen LogP contribution >= 0.6 is 0 Å². The zero-order valence-electron chi connectivity index (χ0n) is 11.0. The molecule has 0 radical (unpaired) electrons. The minimum atomic E-state index is -0.101. The molecular formula is C14H20N2O2. The Bertz CT molecular complexity index is 416. The largest absolute Gasteiger partial charge is 0.352 e. The topological polar surface area (TPSA) is 58.2 Å². The van der Waals surface area contributed by atoms with Crippen molar-refractivity contribution >= 4 is 17.5 Å². The van der Waals surface area contributed by atoms with Crippen molar-refractivity contribution in [1.29, 1.82) is 0 Å². The monoisotopic (exact) mass is 248 g/mol. The van der Waals surface area contributed by atoms with Crippen molar-refractivity contribution in [3.8, 4) is 0 Å². The molecule has 4 nitrogen and oxygen atoms in total. The molecule has 0 saturated heterocycles. The highest BCUT2D eigenvalue weighted by atomic mass is 16.2. The summed E-state index contributed by atoms with van der Waals surface area (Å²) in [4.78, 5) is 23.1. The first-order valence-corrected chi connectivity index (χ1v) is 6.35. The van der Waals surface area contributed by atoms with Gasteiger partial charge < -0.3 is 10.6 Å². The number of benzene rings is 1. The third-order valence-corrected chi connectivity index (χ3v) is 2.55. The molecule has 0 unspecified atom stereocenters. The van der Waals surface area contributed by atoms with Crippen LogP contribution < -0.4 is 10.6 Å². The van der Waals surface area contributed by atoms with Crippen molar-refractivity contribution in [2.75, 3.05) is 11.9 Å². The summed E-state index contributed by atoms with van der Waals surface area (Å²) in [7, 11) is 0. The lowest BCUT2D eigenvalue weighted by atomic mass is 10.2. The maximum absolute atomic E-state index is 11.8. The van der Waals surface area contributed by atoms with E-state index in [4.69, 9.17) is 0 Å². The van der Waals surface area contributed by atoms with Gasteiger partial charge in [0, 0.05) is 24.2 Å². The molecule has 0 atom stereocenters. The van der Waals surface area contributed by atoms with Gasteiger partial charge in [-0.1, -0.05) is 26.3 Å². The number of amides is 2. The summed E-state index contributed by atoms with van der Waals surface area (Å²) in [6.45, 7) is 4.55. The van der Waals surface area contributed by atoms with Crippen molar-refractivity contribution < 1.29 is 9.59 Å². The molecule has 0 aliphatic rings. The molecular weight excluding hydrogens is 228 g/mol. The van der Waals surface area contributed by atoms with Crippen molar-refractivity contribution in [3.63, 3.8) is 0 Å². The summed E-state index contributed by atoms with van der Waals surface area (Å²) in [5.41, 5.74) is 1.23. The van der Waals surface area contributed by atoms with E-state index >= 15 is 0 Å². The zero-order chi connectivity index (χ0) is 13.4. The average molecular weight is 248 g/mol. The van der Waals surface area contributed by atoms with Crippen LogP contribution in [0.25, 0.3) is 0 Å². The van der Waals surface area contributed by atoms with Gasteiger partial charge in [-0.25, -0.2) is 0 Å². The predicted octanol–water partition coefficient (Wildman–Crippen LogP) is 2.57. The van der Waals surface area contributed by atoms with Crippen LogP contribution in [0.3, 0.4) is 0 Å². The van der Waals surface area contributed by atoms with Crippen LogP contribution in [-0.4, -0.2) is 18.4 Å². The van der Waals surface area contributed by atoms with Crippen LogP contribution in [0.2, 0.25) is 0 Å². The van der Waals surface area contributed by atoms with E-state index < -0.39 is 0 Å². The molecule has 1 aromatic rings. The molecule has 4 heteroatoms. The lowest BCUT2D eigenvalue weighted by molar-refractivity contribution is -0.115. The summed E-state index contributed by atoms with van der Waals surface area (Å²) >= 11 is 0. The smallest absolute Gasteiger partial charge is 0.251 e. The van der Waals surface area contributed by atoms with Gasteiger partial charge in [-0.15, -0.1) is 0 Å². The number of hydrogen-bond acceptors (Lipinski definition) is 2. The second-order valence-corrected chi connectivity index (χ2v) is 4.09. The van der Waals surface area contributed by atoms with Crippen LogP contribution in [0.1, 0.15) is 43.5 Å². The van der Waals surface area contributed by atoms with E-state index in [2.05, 4.69) is 17.6 Å². The maximum Gasteiger partial charge on any atom is 0.251 e. The molecule has 0 fully saturated rings. The molecule has 98 valence electrons. The molecule has 0 aliphatic carbocycles. The van der Waals surface area contributed by atoms with Crippen molar-refractivity contribution in [2.24, 2.45) is 0 Å². The van der Waals surface area contributed by atoms with Crippen molar-refractivity contribution in [2.45, 2.75) is 33.1 Å². The molecule has 0 bridgehead atoms. The highest BCUT2D eigenvalue weighted by Gasteiger charge is 2.06. The van der Waals surface area contributed by atoms with Gasteiger partial charge in [-0.3, -0.25) is 9.59 Å². The van der Waals surface area contributed by atoms with Crippen LogP contribution in [-0.2, 0) is 4.79 Å². The fourth-order valence-corrected chi connectivity index (χ4v) is 1.47. The fraction of sp³-hybridized carbons (Fsp3) is 0.429. The molecule has 0 heterocycles. The van der Waals surface area contributed by atoms with E-state index in [0.717, 1.165) is 12.8 Å². The Balaban J connectivity index is 2.63. The van der Waals surface area contributed by atoms with Crippen LogP contribution in [0, 0.1) is 0 Å². The summed E-state index contributed by atoms with van der Waals surface area (Å²) in [6, 6.07) is 6.97. The molecule has 0 saturated carbocycles. The third-order valence-electron chi connectivity index (χ3n) is 2.55.